The minimum absolute atomic E-state index is 0.112. The van der Waals surface area contributed by atoms with Crippen LogP contribution in [0.5, 0.6) is 0 Å². The predicted molar refractivity (Wildman–Crippen MR) is 99.3 cm³/mol. The molecule has 0 bridgehead atoms. The average Bonchev–Trinajstić information content (AvgIpc) is 3.02. The molecule has 0 spiro atoms. The molecule has 1 aromatic heterocycles. The Morgan fingerprint density at radius 2 is 1.88 bits per heavy atom. The zero-order valence-electron chi connectivity index (χ0n) is 14.2. The van der Waals surface area contributed by atoms with Gasteiger partial charge in [-0.25, -0.2) is 4.68 Å². The second-order valence-corrected chi connectivity index (χ2v) is 6.88. The molecule has 1 N–H and O–H groups in total. The van der Waals surface area contributed by atoms with Crippen LogP contribution in [0, 0.1) is 6.92 Å². The summed E-state index contributed by atoms with van der Waals surface area (Å²) in [5, 5.41) is 8.08. The van der Waals surface area contributed by atoms with E-state index in [0.717, 1.165) is 25.2 Å². The monoisotopic (exact) mass is 328 g/mol. The molecule has 1 atom stereocenters. The van der Waals surface area contributed by atoms with Crippen LogP contribution in [0.1, 0.15) is 41.1 Å². The van der Waals surface area contributed by atoms with Gasteiger partial charge in [0.15, 0.2) is 0 Å². The molecule has 0 saturated carbocycles. The van der Waals surface area contributed by atoms with Gasteiger partial charge >= 0.3 is 0 Å². The minimum Gasteiger partial charge on any atom is -0.324 e. The van der Waals surface area contributed by atoms with Crippen LogP contribution in [0.2, 0.25) is 0 Å². The van der Waals surface area contributed by atoms with Gasteiger partial charge < -0.3 is 5.32 Å². The molecule has 0 saturated heterocycles. The molecule has 2 heterocycles. The van der Waals surface area contributed by atoms with Crippen LogP contribution in [0.15, 0.2) is 60.4 Å². The minimum atomic E-state index is 0.112. The normalized spacial score (nSPS) is 18.7. The Balaban J connectivity index is 1.74. The highest BCUT2D eigenvalue weighted by Crippen LogP contribution is 2.42. The van der Waals surface area contributed by atoms with Crippen molar-refractivity contribution in [3.63, 3.8) is 0 Å². The average molecular weight is 328 g/mol. The molecule has 3 aromatic rings. The SMILES string of the molecule is Cc1ccc([C@H]2C3=C(Nc4ncnn42)c2ccccc2CCC3)cc1. The summed E-state index contributed by atoms with van der Waals surface area (Å²) in [6.45, 7) is 2.12. The van der Waals surface area contributed by atoms with Crippen molar-refractivity contribution in [3.8, 4) is 0 Å². The second-order valence-electron chi connectivity index (χ2n) is 6.88. The molecule has 0 radical (unpaired) electrons. The maximum Gasteiger partial charge on any atom is 0.226 e. The van der Waals surface area contributed by atoms with Gasteiger partial charge in [0.25, 0.3) is 0 Å². The fraction of sp³-hybridized carbons (Fsp3) is 0.238. The molecule has 4 heteroatoms. The molecular weight excluding hydrogens is 308 g/mol. The van der Waals surface area contributed by atoms with Gasteiger partial charge in [-0.1, -0.05) is 54.1 Å². The Morgan fingerprint density at radius 1 is 1.04 bits per heavy atom. The highest BCUT2D eigenvalue weighted by Gasteiger charge is 2.32. The lowest BCUT2D eigenvalue weighted by molar-refractivity contribution is 0.562. The molecule has 1 aliphatic carbocycles. The van der Waals surface area contributed by atoms with Crippen molar-refractivity contribution < 1.29 is 0 Å². The highest BCUT2D eigenvalue weighted by molar-refractivity contribution is 5.82. The topological polar surface area (TPSA) is 42.7 Å². The second kappa shape index (κ2) is 5.59. The number of fused-ring (bicyclic) bond motifs is 3. The molecule has 0 amide bonds. The number of hydrogen-bond donors (Lipinski definition) is 1. The molecule has 25 heavy (non-hydrogen) atoms. The van der Waals surface area contributed by atoms with Gasteiger partial charge in [0.1, 0.15) is 12.4 Å². The van der Waals surface area contributed by atoms with E-state index in [0.29, 0.717) is 0 Å². The Bertz CT molecular complexity index is 966. The molecule has 2 aromatic carbocycles. The van der Waals surface area contributed by atoms with Gasteiger partial charge in [0.05, 0.1) is 5.70 Å². The van der Waals surface area contributed by atoms with Crippen LogP contribution in [-0.4, -0.2) is 14.8 Å². The fourth-order valence-corrected chi connectivity index (χ4v) is 4.05. The predicted octanol–water partition coefficient (Wildman–Crippen LogP) is 4.35. The van der Waals surface area contributed by atoms with Crippen LogP contribution < -0.4 is 5.32 Å². The van der Waals surface area contributed by atoms with Crippen molar-refractivity contribution in [1.29, 1.82) is 0 Å². The molecule has 2 aliphatic rings. The van der Waals surface area contributed by atoms with Gasteiger partial charge in [0, 0.05) is 5.56 Å². The first kappa shape index (κ1) is 14.5. The Labute approximate surface area is 147 Å². The quantitative estimate of drug-likeness (QED) is 0.722. The van der Waals surface area contributed by atoms with Crippen LogP contribution in [0.25, 0.3) is 5.70 Å². The summed E-state index contributed by atoms with van der Waals surface area (Å²) in [6, 6.07) is 17.6. The third kappa shape index (κ3) is 2.29. The van der Waals surface area contributed by atoms with Crippen molar-refractivity contribution in [2.45, 2.75) is 32.2 Å². The van der Waals surface area contributed by atoms with Crippen LogP contribution in [0.3, 0.4) is 0 Å². The number of nitrogens with one attached hydrogen (secondary N) is 1. The van der Waals surface area contributed by atoms with Gasteiger partial charge in [-0.3, -0.25) is 0 Å². The lowest BCUT2D eigenvalue weighted by Gasteiger charge is -2.30. The van der Waals surface area contributed by atoms with Gasteiger partial charge in [-0.15, -0.1) is 0 Å². The molecule has 0 fully saturated rings. The summed E-state index contributed by atoms with van der Waals surface area (Å²) in [5.74, 6) is 0.820. The smallest absolute Gasteiger partial charge is 0.226 e. The zero-order chi connectivity index (χ0) is 16.8. The van der Waals surface area contributed by atoms with Crippen molar-refractivity contribution in [3.05, 3.63) is 82.7 Å². The van der Waals surface area contributed by atoms with Crippen LogP contribution in [0.4, 0.5) is 5.95 Å². The van der Waals surface area contributed by atoms with Gasteiger partial charge in [0.2, 0.25) is 5.95 Å². The Morgan fingerprint density at radius 3 is 2.76 bits per heavy atom. The number of aromatic nitrogens is 3. The van der Waals surface area contributed by atoms with E-state index in [-0.39, 0.29) is 6.04 Å². The largest absolute Gasteiger partial charge is 0.324 e. The first-order valence-corrected chi connectivity index (χ1v) is 8.85. The summed E-state index contributed by atoms with van der Waals surface area (Å²) >= 11 is 0. The van der Waals surface area contributed by atoms with Crippen molar-refractivity contribution >= 4 is 11.6 Å². The van der Waals surface area contributed by atoms with Crippen molar-refractivity contribution in [1.82, 2.24) is 14.8 Å². The molecule has 0 unspecified atom stereocenters. The van der Waals surface area contributed by atoms with E-state index >= 15 is 0 Å². The summed E-state index contributed by atoms with van der Waals surface area (Å²) in [5.41, 5.74) is 7.89. The molecule has 1 aliphatic heterocycles. The van der Waals surface area contributed by atoms with Gasteiger partial charge in [-0.05, 0) is 42.9 Å². The van der Waals surface area contributed by atoms with Gasteiger partial charge in [-0.2, -0.15) is 10.1 Å². The summed E-state index contributed by atoms with van der Waals surface area (Å²) < 4.78 is 2.03. The van der Waals surface area contributed by atoms with E-state index in [1.54, 1.807) is 6.33 Å². The molecular formula is C21H20N4. The summed E-state index contributed by atoms with van der Waals surface area (Å²) in [7, 11) is 0. The Kier molecular flexibility index (Phi) is 3.23. The first-order valence-electron chi connectivity index (χ1n) is 8.85. The lowest BCUT2D eigenvalue weighted by Crippen LogP contribution is -2.25. The molecule has 5 rings (SSSR count). The maximum atomic E-state index is 4.52. The number of rotatable bonds is 1. The standard InChI is InChI=1S/C21H20N4/c1-14-9-11-16(12-10-14)20-18-8-4-6-15-5-2-3-7-17(15)19(18)24-21-22-13-23-25(20)21/h2-3,5,7,9-13,20H,4,6,8H2,1H3,(H,22,23,24)/t20-/m0/s1. The fourth-order valence-electron chi connectivity index (χ4n) is 4.05. The number of benzene rings is 2. The van der Waals surface area contributed by atoms with Crippen molar-refractivity contribution in [2.75, 3.05) is 5.32 Å². The number of anilines is 1. The lowest BCUT2D eigenvalue weighted by atomic mass is 9.91. The number of aryl methyl sites for hydroxylation is 2. The zero-order valence-corrected chi connectivity index (χ0v) is 14.2. The van der Waals surface area contributed by atoms with Crippen molar-refractivity contribution in [2.24, 2.45) is 0 Å². The molecule has 4 nitrogen and oxygen atoms in total. The number of nitrogens with zero attached hydrogens (tertiary/aromatic N) is 3. The third-order valence-electron chi connectivity index (χ3n) is 5.28. The van der Waals surface area contributed by atoms with Crippen LogP contribution in [-0.2, 0) is 6.42 Å². The summed E-state index contributed by atoms with van der Waals surface area (Å²) in [4.78, 5) is 4.45. The van der Waals surface area contributed by atoms with E-state index in [1.807, 2.05) is 4.68 Å². The third-order valence-corrected chi connectivity index (χ3v) is 5.28. The highest BCUT2D eigenvalue weighted by atomic mass is 15.4. The number of hydrogen-bond acceptors (Lipinski definition) is 3. The van der Waals surface area contributed by atoms with Crippen LogP contribution >= 0.6 is 0 Å². The Hall–Kier alpha value is -2.88. The maximum absolute atomic E-state index is 4.52. The van der Waals surface area contributed by atoms with E-state index < -0.39 is 0 Å². The van der Waals surface area contributed by atoms with E-state index in [2.05, 4.69) is 70.9 Å². The summed E-state index contributed by atoms with van der Waals surface area (Å²) in [6.07, 6.45) is 4.97. The van der Waals surface area contributed by atoms with E-state index in [1.165, 1.54) is 33.5 Å². The van der Waals surface area contributed by atoms with E-state index in [4.69, 9.17) is 0 Å². The molecule has 124 valence electrons. The number of allylic oxidation sites excluding steroid dienone is 1. The van der Waals surface area contributed by atoms with E-state index in [9.17, 15) is 0 Å². The first-order chi connectivity index (χ1) is 12.3.